The van der Waals surface area contributed by atoms with Crippen molar-refractivity contribution in [2.75, 3.05) is 30.0 Å². The van der Waals surface area contributed by atoms with Gasteiger partial charge in [0.25, 0.3) is 0 Å². The highest BCUT2D eigenvalue weighted by Crippen LogP contribution is 2.32. The van der Waals surface area contributed by atoms with Crippen LogP contribution in [0.25, 0.3) is 0 Å². The number of nitrogens with zero attached hydrogens (tertiary/aromatic N) is 6. The van der Waals surface area contributed by atoms with Gasteiger partial charge < -0.3 is 19.3 Å². The molecule has 0 N–H and O–H groups in total. The van der Waals surface area contributed by atoms with Gasteiger partial charge in [0.2, 0.25) is 5.88 Å². The molecule has 2 atom stereocenters. The number of ether oxygens (including phenoxy) is 2. The summed E-state index contributed by atoms with van der Waals surface area (Å²) in [6, 6.07) is 8.96. The minimum absolute atomic E-state index is 0.0642. The Balaban J connectivity index is 1.65. The smallest absolute Gasteiger partial charge is 0.330 e. The molecule has 1 aromatic carbocycles. The number of anilines is 2. The van der Waals surface area contributed by atoms with Crippen LogP contribution >= 0.6 is 0 Å². The minimum Gasteiger partial charge on any atom is -0.467 e. The fourth-order valence-electron chi connectivity index (χ4n) is 3.85. The van der Waals surface area contributed by atoms with Crippen molar-refractivity contribution < 1.29 is 14.3 Å². The third-order valence-corrected chi connectivity index (χ3v) is 5.74. The average molecular weight is 435 g/mol. The second-order valence-corrected chi connectivity index (χ2v) is 7.75. The Morgan fingerprint density at radius 1 is 1.03 bits per heavy atom. The van der Waals surface area contributed by atoms with Crippen molar-refractivity contribution in [1.82, 2.24) is 20.2 Å². The van der Waals surface area contributed by atoms with Crippen LogP contribution in [0.4, 0.5) is 11.6 Å². The second kappa shape index (κ2) is 9.17. The second-order valence-electron chi connectivity index (χ2n) is 7.75. The van der Waals surface area contributed by atoms with Gasteiger partial charge in [0.15, 0.2) is 5.82 Å². The van der Waals surface area contributed by atoms with Gasteiger partial charge in [0, 0.05) is 36.1 Å². The van der Waals surface area contributed by atoms with Gasteiger partial charge in [0.05, 0.1) is 19.9 Å². The minimum atomic E-state index is -0.563. The molecule has 1 saturated heterocycles. The molecule has 0 amide bonds. The van der Waals surface area contributed by atoms with Gasteiger partial charge in [-0.15, -0.1) is 10.2 Å². The monoisotopic (exact) mass is 434 g/mol. The van der Waals surface area contributed by atoms with Gasteiger partial charge in [-0.1, -0.05) is 18.2 Å². The Kier molecular flexibility index (Phi) is 6.16. The van der Waals surface area contributed by atoms with Crippen LogP contribution in [0.15, 0.2) is 48.9 Å². The zero-order valence-electron chi connectivity index (χ0n) is 18.6. The number of hydrogen-bond acceptors (Lipinski definition) is 9. The van der Waals surface area contributed by atoms with E-state index < -0.39 is 6.04 Å². The summed E-state index contributed by atoms with van der Waals surface area (Å²) in [5.41, 5.74) is 1.77. The number of rotatable bonds is 5. The Morgan fingerprint density at radius 2 is 1.81 bits per heavy atom. The Hall–Kier alpha value is -3.75. The predicted octanol–water partition coefficient (Wildman–Crippen LogP) is 2.93. The van der Waals surface area contributed by atoms with Crippen LogP contribution in [0.3, 0.4) is 0 Å². The number of piperazine rings is 1. The van der Waals surface area contributed by atoms with E-state index in [0.29, 0.717) is 30.5 Å². The van der Waals surface area contributed by atoms with Gasteiger partial charge in [-0.3, -0.25) is 4.98 Å². The molecule has 1 aliphatic heterocycles. The summed E-state index contributed by atoms with van der Waals surface area (Å²) < 4.78 is 11.0. The van der Waals surface area contributed by atoms with Crippen molar-refractivity contribution in [2.24, 2.45) is 0 Å². The zero-order chi connectivity index (χ0) is 22.7. The number of para-hydroxylation sites is 1. The molecule has 3 aromatic rings. The summed E-state index contributed by atoms with van der Waals surface area (Å²) in [5, 5.41) is 8.78. The fraction of sp³-hybridized carbons (Fsp3) is 0.348. The summed E-state index contributed by atoms with van der Waals surface area (Å²) >= 11 is 0. The zero-order valence-corrected chi connectivity index (χ0v) is 18.6. The first kappa shape index (κ1) is 21.5. The molecule has 0 spiro atoms. The SMILES string of the molecule is COC(=O)C1CN(c2cnccn2)C(C)CN1c1nnc(Oc2ccccc2)c(C)c1C. The van der Waals surface area contributed by atoms with E-state index >= 15 is 0 Å². The van der Waals surface area contributed by atoms with Crippen molar-refractivity contribution in [3.05, 3.63) is 60.0 Å². The molecule has 3 heterocycles. The quantitative estimate of drug-likeness (QED) is 0.562. The molecule has 9 heteroatoms. The molecule has 0 bridgehead atoms. The number of carbonyl (C=O) groups is 1. The summed E-state index contributed by atoms with van der Waals surface area (Å²) in [6.07, 6.45) is 4.97. The van der Waals surface area contributed by atoms with E-state index in [1.807, 2.05) is 49.1 Å². The van der Waals surface area contributed by atoms with Crippen LogP contribution < -0.4 is 14.5 Å². The van der Waals surface area contributed by atoms with E-state index in [9.17, 15) is 4.79 Å². The topological polar surface area (TPSA) is 93.6 Å². The lowest BCUT2D eigenvalue weighted by molar-refractivity contribution is -0.142. The number of esters is 1. The molecule has 4 rings (SSSR count). The van der Waals surface area contributed by atoms with Crippen LogP contribution in [-0.2, 0) is 9.53 Å². The lowest BCUT2D eigenvalue weighted by Gasteiger charge is -2.45. The molecule has 32 heavy (non-hydrogen) atoms. The molecular formula is C23H26N6O3. The number of aromatic nitrogens is 4. The molecule has 0 saturated carbocycles. The summed E-state index contributed by atoms with van der Waals surface area (Å²) in [7, 11) is 1.39. The van der Waals surface area contributed by atoms with Gasteiger partial charge in [-0.05, 0) is 32.9 Å². The van der Waals surface area contributed by atoms with Crippen molar-refractivity contribution in [3.8, 4) is 11.6 Å². The third-order valence-electron chi connectivity index (χ3n) is 5.74. The van der Waals surface area contributed by atoms with E-state index in [1.54, 1.807) is 18.6 Å². The molecule has 9 nitrogen and oxygen atoms in total. The Morgan fingerprint density at radius 3 is 2.50 bits per heavy atom. The van der Waals surface area contributed by atoms with Crippen molar-refractivity contribution in [1.29, 1.82) is 0 Å². The van der Waals surface area contributed by atoms with Gasteiger partial charge in [0.1, 0.15) is 17.6 Å². The molecule has 0 aliphatic carbocycles. The maximum atomic E-state index is 12.7. The molecule has 1 fully saturated rings. The Labute approximate surface area is 187 Å². The van der Waals surface area contributed by atoms with Crippen LogP contribution in [0.1, 0.15) is 18.1 Å². The maximum absolute atomic E-state index is 12.7. The third kappa shape index (κ3) is 4.18. The van der Waals surface area contributed by atoms with Crippen LogP contribution in [-0.4, -0.2) is 58.4 Å². The van der Waals surface area contributed by atoms with Crippen molar-refractivity contribution in [3.63, 3.8) is 0 Å². The predicted molar refractivity (Wildman–Crippen MR) is 120 cm³/mol. The molecule has 1 aliphatic rings. The largest absolute Gasteiger partial charge is 0.467 e. The highest BCUT2D eigenvalue weighted by Gasteiger charge is 2.39. The summed E-state index contributed by atoms with van der Waals surface area (Å²) in [5.74, 6) is 2.16. The van der Waals surface area contributed by atoms with Gasteiger partial charge in [-0.2, -0.15) is 0 Å². The first-order chi connectivity index (χ1) is 15.5. The van der Waals surface area contributed by atoms with E-state index in [4.69, 9.17) is 9.47 Å². The molecule has 2 unspecified atom stereocenters. The highest BCUT2D eigenvalue weighted by atomic mass is 16.5. The summed E-state index contributed by atoms with van der Waals surface area (Å²) in [6.45, 7) is 6.93. The molecule has 2 aromatic heterocycles. The maximum Gasteiger partial charge on any atom is 0.330 e. The van der Waals surface area contributed by atoms with E-state index in [2.05, 4.69) is 32.0 Å². The summed E-state index contributed by atoms with van der Waals surface area (Å²) in [4.78, 5) is 25.3. The highest BCUT2D eigenvalue weighted by molar-refractivity contribution is 5.81. The normalized spacial score (nSPS) is 18.4. The fourth-order valence-corrected chi connectivity index (χ4v) is 3.85. The van der Waals surface area contributed by atoms with Crippen molar-refractivity contribution in [2.45, 2.75) is 32.9 Å². The van der Waals surface area contributed by atoms with Crippen molar-refractivity contribution >= 4 is 17.6 Å². The van der Waals surface area contributed by atoms with Crippen LogP contribution in [0.5, 0.6) is 11.6 Å². The Bertz CT molecular complexity index is 1080. The standard InChI is InChI=1S/C23H26N6O3/c1-15-13-29(19(23(30)31-4)14-28(15)20-12-24-10-11-25-20)21-16(2)17(3)22(27-26-21)32-18-8-6-5-7-9-18/h5-12,15,19H,13-14H2,1-4H3. The molecule has 166 valence electrons. The van der Waals surface area contributed by atoms with Crippen LogP contribution in [0, 0.1) is 13.8 Å². The van der Waals surface area contributed by atoms with Gasteiger partial charge >= 0.3 is 5.97 Å². The number of hydrogen-bond donors (Lipinski definition) is 0. The average Bonchev–Trinajstić information content (AvgIpc) is 2.83. The lowest BCUT2D eigenvalue weighted by atomic mass is 10.1. The lowest BCUT2D eigenvalue weighted by Crippen LogP contribution is -2.61. The first-order valence-electron chi connectivity index (χ1n) is 10.4. The molecule has 0 radical (unpaired) electrons. The van der Waals surface area contributed by atoms with E-state index in [0.717, 1.165) is 16.9 Å². The number of benzene rings is 1. The number of methoxy groups -OCH3 is 1. The van der Waals surface area contributed by atoms with Crippen LogP contribution in [0.2, 0.25) is 0 Å². The molecular weight excluding hydrogens is 408 g/mol. The first-order valence-corrected chi connectivity index (χ1v) is 10.4. The van der Waals surface area contributed by atoms with Gasteiger partial charge in [-0.25, -0.2) is 9.78 Å². The number of carbonyl (C=O) groups excluding carboxylic acids is 1. The van der Waals surface area contributed by atoms with E-state index in [-0.39, 0.29) is 12.0 Å². The van der Waals surface area contributed by atoms with E-state index in [1.165, 1.54) is 7.11 Å².